The summed E-state index contributed by atoms with van der Waals surface area (Å²) in [6.45, 7) is 4.31. The monoisotopic (exact) mass is 358 g/mol. The highest BCUT2D eigenvalue weighted by molar-refractivity contribution is 5.97. The molecule has 2 amide bonds. The van der Waals surface area contributed by atoms with Crippen molar-refractivity contribution in [2.45, 2.75) is 20.3 Å². The first-order chi connectivity index (χ1) is 12.3. The van der Waals surface area contributed by atoms with E-state index in [4.69, 9.17) is 10.8 Å². The number of benzene rings is 1. The Morgan fingerprint density at radius 1 is 1.23 bits per heavy atom. The van der Waals surface area contributed by atoms with Gasteiger partial charge in [0.15, 0.2) is 5.69 Å². The Kier molecular flexibility index (Phi) is 6.11. The predicted molar refractivity (Wildman–Crippen MR) is 95.1 cm³/mol. The Morgan fingerprint density at radius 3 is 2.42 bits per heavy atom. The third kappa shape index (κ3) is 4.69. The smallest absolute Gasteiger partial charge is 0.305 e. The van der Waals surface area contributed by atoms with E-state index in [1.165, 1.54) is 15.6 Å². The van der Waals surface area contributed by atoms with Crippen LogP contribution >= 0.6 is 0 Å². The molecule has 1 aromatic carbocycles. The van der Waals surface area contributed by atoms with E-state index in [0.717, 1.165) is 0 Å². The van der Waals surface area contributed by atoms with Crippen molar-refractivity contribution in [3.8, 4) is 5.69 Å². The van der Waals surface area contributed by atoms with Crippen LogP contribution in [0.15, 0.2) is 36.4 Å². The van der Waals surface area contributed by atoms with Gasteiger partial charge in [-0.3, -0.25) is 14.4 Å². The van der Waals surface area contributed by atoms with Gasteiger partial charge in [-0.05, 0) is 18.1 Å². The largest absolute Gasteiger partial charge is 0.481 e. The normalized spacial score (nSPS) is 10.7. The van der Waals surface area contributed by atoms with Crippen molar-refractivity contribution in [2.75, 3.05) is 13.1 Å². The summed E-state index contributed by atoms with van der Waals surface area (Å²) < 4.78 is 1.32. The van der Waals surface area contributed by atoms with Crippen LogP contribution < -0.4 is 5.73 Å². The summed E-state index contributed by atoms with van der Waals surface area (Å²) >= 11 is 0. The summed E-state index contributed by atoms with van der Waals surface area (Å²) in [7, 11) is 0. The van der Waals surface area contributed by atoms with Gasteiger partial charge in [0.05, 0.1) is 12.1 Å². The second-order valence-corrected chi connectivity index (χ2v) is 6.32. The molecule has 0 saturated carbocycles. The number of aromatic nitrogens is 2. The molecule has 26 heavy (non-hydrogen) atoms. The van der Waals surface area contributed by atoms with Gasteiger partial charge in [-0.15, -0.1) is 0 Å². The molecule has 1 heterocycles. The molecule has 0 unspecified atom stereocenters. The van der Waals surface area contributed by atoms with Crippen LogP contribution in [0.2, 0.25) is 0 Å². The molecule has 0 bridgehead atoms. The van der Waals surface area contributed by atoms with Gasteiger partial charge in [0.1, 0.15) is 5.69 Å². The van der Waals surface area contributed by atoms with E-state index in [1.54, 1.807) is 24.3 Å². The van der Waals surface area contributed by atoms with E-state index in [0.29, 0.717) is 12.2 Å². The number of carboxylic acids is 1. The lowest BCUT2D eigenvalue weighted by molar-refractivity contribution is -0.137. The number of nitrogens with zero attached hydrogens (tertiary/aromatic N) is 3. The molecule has 0 spiro atoms. The van der Waals surface area contributed by atoms with E-state index in [-0.39, 0.29) is 30.3 Å². The summed E-state index contributed by atoms with van der Waals surface area (Å²) in [5.41, 5.74) is 6.15. The fourth-order valence-corrected chi connectivity index (χ4v) is 2.54. The number of carbonyl (C=O) groups excluding carboxylic acids is 2. The summed E-state index contributed by atoms with van der Waals surface area (Å²) in [5.74, 6) is -1.97. The maximum absolute atomic E-state index is 12.8. The fourth-order valence-electron chi connectivity index (χ4n) is 2.54. The number of carboxylic acid groups (broad SMARTS) is 1. The van der Waals surface area contributed by atoms with E-state index in [2.05, 4.69) is 5.10 Å². The molecule has 0 radical (unpaired) electrons. The Morgan fingerprint density at radius 2 is 1.88 bits per heavy atom. The highest BCUT2D eigenvalue weighted by Crippen LogP contribution is 2.15. The molecule has 2 rings (SSSR count). The summed E-state index contributed by atoms with van der Waals surface area (Å²) in [6.07, 6.45) is -0.166. The Hall–Kier alpha value is -3.16. The molecule has 8 nitrogen and oxygen atoms in total. The average molecular weight is 358 g/mol. The van der Waals surface area contributed by atoms with Gasteiger partial charge in [-0.25, -0.2) is 4.68 Å². The molecule has 0 fully saturated rings. The van der Waals surface area contributed by atoms with Crippen LogP contribution in [0.25, 0.3) is 5.69 Å². The van der Waals surface area contributed by atoms with Crippen LogP contribution in [0.5, 0.6) is 0 Å². The molecule has 0 aliphatic carbocycles. The fraction of sp³-hybridized carbons (Fsp3) is 0.333. The van der Waals surface area contributed by atoms with Gasteiger partial charge in [0.2, 0.25) is 0 Å². The van der Waals surface area contributed by atoms with Crippen LogP contribution in [0.1, 0.15) is 41.2 Å². The van der Waals surface area contributed by atoms with Crippen molar-refractivity contribution < 1.29 is 19.5 Å². The summed E-state index contributed by atoms with van der Waals surface area (Å²) in [5, 5.41) is 13.1. The van der Waals surface area contributed by atoms with E-state index in [1.807, 2.05) is 19.9 Å². The van der Waals surface area contributed by atoms with E-state index >= 15 is 0 Å². The number of carbonyl (C=O) groups is 3. The van der Waals surface area contributed by atoms with Gasteiger partial charge in [0.25, 0.3) is 11.8 Å². The van der Waals surface area contributed by atoms with Crippen molar-refractivity contribution in [3.63, 3.8) is 0 Å². The SMILES string of the molecule is CC(C)CN(CCC(=O)O)C(=O)c1cc(C(N)=O)n(-c2ccccc2)n1. The zero-order chi connectivity index (χ0) is 19.3. The lowest BCUT2D eigenvalue weighted by Crippen LogP contribution is -2.36. The van der Waals surface area contributed by atoms with Crippen molar-refractivity contribution in [1.82, 2.24) is 14.7 Å². The highest BCUT2D eigenvalue weighted by Gasteiger charge is 2.24. The molecule has 138 valence electrons. The lowest BCUT2D eigenvalue weighted by atomic mass is 10.2. The molecule has 1 aromatic heterocycles. The number of para-hydroxylation sites is 1. The first-order valence-corrected chi connectivity index (χ1v) is 8.26. The zero-order valence-corrected chi connectivity index (χ0v) is 14.8. The molecule has 0 aliphatic rings. The Balaban J connectivity index is 2.37. The van der Waals surface area contributed by atoms with Crippen molar-refractivity contribution in [2.24, 2.45) is 11.7 Å². The van der Waals surface area contributed by atoms with Crippen LogP contribution in [-0.2, 0) is 4.79 Å². The average Bonchev–Trinajstić information content (AvgIpc) is 3.04. The topological polar surface area (TPSA) is 119 Å². The second kappa shape index (κ2) is 8.28. The highest BCUT2D eigenvalue weighted by atomic mass is 16.4. The molecular formula is C18H22N4O4. The molecule has 0 saturated heterocycles. The van der Waals surface area contributed by atoms with Crippen LogP contribution in [0.3, 0.4) is 0 Å². The summed E-state index contributed by atoms with van der Waals surface area (Å²) in [6, 6.07) is 10.2. The number of primary amides is 1. The maximum Gasteiger partial charge on any atom is 0.305 e. The molecule has 0 aliphatic heterocycles. The number of amides is 2. The van der Waals surface area contributed by atoms with Gasteiger partial charge in [0, 0.05) is 19.2 Å². The zero-order valence-electron chi connectivity index (χ0n) is 14.8. The maximum atomic E-state index is 12.8. The minimum Gasteiger partial charge on any atom is -0.481 e. The minimum absolute atomic E-state index is 0.0497. The summed E-state index contributed by atoms with van der Waals surface area (Å²) in [4.78, 5) is 36.9. The standard InChI is InChI=1S/C18H22N4O4/c1-12(2)11-21(9-8-16(23)24)18(26)14-10-15(17(19)25)22(20-14)13-6-4-3-5-7-13/h3-7,10,12H,8-9,11H2,1-2H3,(H2,19,25)(H,23,24). The Bertz CT molecular complexity index is 799. The van der Waals surface area contributed by atoms with Gasteiger partial charge >= 0.3 is 5.97 Å². The van der Waals surface area contributed by atoms with Gasteiger partial charge < -0.3 is 15.7 Å². The predicted octanol–water partition coefficient (Wildman–Crippen LogP) is 1.54. The van der Waals surface area contributed by atoms with Gasteiger partial charge in [-0.1, -0.05) is 32.0 Å². The van der Waals surface area contributed by atoms with Crippen LogP contribution in [0, 0.1) is 5.92 Å². The third-order valence-electron chi connectivity index (χ3n) is 3.65. The Labute approximate surface area is 151 Å². The van der Waals surface area contributed by atoms with Crippen LogP contribution in [0.4, 0.5) is 0 Å². The first-order valence-electron chi connectivity index (χ1n) is 8.26. The van der Waals surface area contributed by atoms with Gasteiger partial charge in [-0.2, -0.15) is 5.10 Å². The molecule has 0 atom stereocenters. The third-order valence-corrected chi connectivity index (χ3v) is 3.65. The van der Waals surface area contributed by atoms with Crippen molar-refractivity contribution in [1.29, 1.82) is 0 Å². The molecule has 2 aromatic rings. The number of rotatable bonds is 8. The van der Waals surface area contributed by atoms with E-state index in [9.17, 15) is 14.4 Å². The van der Waals surface area contributed by atoms with Crippen molar-refractivity contribution >= 4 is 17.8 Å². The quantitative estimate of drug-likeness (QED) is 0.742. The number of aliphatic carboxylic acids is 1. The lowest BCUT2D eigenvalue weighted by Gasteiger charge is -2.23. The molecule has 3 N–H and O–H groups in total. The second-order valence-electron chi connectivity index (χ2n) is 6.32. The minimum atomic E-state index is -0.987. The molecular weight excluding hydrogens is 336 g/mol. The molecule has 8 heteroatoms. The first kappa shape index (κ1) is 19.2. The number of hydrogen-bond donors (Lipinski definition) is 2. The number of nitrogens with two attached hydrogens (primary N) is 1. The van der Waals surface area contributed by atoms with Crippen LogP contribution in [-0.4, -0.2) is 50.7 Å². The van der Waals surface area contributed by atoms with Crippen molar-refractivity contribution in [3.05, 3.63) is 47.8 Å². The number of hydrogen-bond acceptors (Lipinski definition) is 4. The van der Waals surface area contributed by atoms with E-state index < -0.39 is 17.8 Å².